The fourth-order valence-electron chi connectivity index (χ4n) is 4.18. The highest BCUT2D eigenvalue weighted by atomic mass is 15.1. The third kappa shape index (κ3) is 6.99. The van der Waals surface area contributed by atoms with Crippen molar-refractivity contribution in [3.8, 4) is 34.2 Å². The maximum absolute atomic E-state index is 4.91. The Morgan fingerprint density at radius 3 is 0.595 bits per heavy atom. The van der Waals surface area contributed by atoms with Gasteiger partial charge in [0.1, 0.15) is 34.9 Å². The van der Waals surface area contributed by atoms with E-state index in [4.69, 9.17) is 44.9 Å². The van der Waals surface area contributed by atoms with Gasteiger partial charge in [0.25, 0.3) is 0 Å². The highest BCUT2D eigenvalue weighted by Gasteiger charge is 2.20. The molecule has 0 spiro atoms. The van der Waals surface area contributed by atoms with Crippen LogP contribution in [0, 0.1) is 0 Å². The summed E-state index contributed by atoms with van der Waals surface area (Å²) in [5.41, 5.74) is 2.51. The third-order valence-electron chi connectivity index (χ3n) is 6.82. The van der Waals surface area contributed by atoms with E-state index in [0.29, 0.717) is 17.5 Å². The summed E-state index contributed by atoms with van der Waals surface area (Å²) in [6, 6.07) is 6.18. The molecule has 1 aromatic carbocycles. The molecule has 0 amide bonds. The van der Waals surface area contributed by atoms with Crippen LogP contribution in [0.5, 0.6) is 0 Å². The molecule has 0 bridgehead atoms. The molecule has 3 aromatic heterocycles. The lowest BCUT2D eigenvalue weighted by molar-refractivity contribution is 0.696. The van der Waals surface area contributed by atoms with Crippen molar-refractivity contribution in [3.63, 3.8) is 0 Å². The van der Waals surface area contributed by atoms with E-state index in [-0.39, 0.29) is 35.5 Å². The van der Waals surface area contributed by atoms with Gasteiger partial charge in [-0.2, -0.15) is 0 Å². The van der Waals surface area contributed by atoms with Crippen molar-refractivity contribution >= 4 is 0 Å². The van der Waals surface area contributed by atoms with Crippen molar-refractivity contribution in [1.82, 2.24) is 44.9 Å². The van der Waals surface area contributed by atoms with Gasteiger partial charge >= 0.3 is 0 Å². The Morgan fingerprint density at radius 1 is 0.286 bits per heavy atom. The zero-order valence-electron chi connectivity index (χ0n) is 27.2. The molecule has 0 fully saturated rings. The maximum atomic E-state index is 4.91. The van der Waals surface area contributed by atoms with Crippen molar-refractivity contribution in [1.29, 1.82) is 0 Å². The molecule has 0 aliphatic carbocycles. The molecule has 0 N–H and O–H groups in total. The second-order valence-corrected chi connectivity index (χ2v) is 12.9. The van der Waals surface area contributed by atoms with Crippen LogP contribution in [0.3, 0.4) is 0 Å². The minimum Gasteiger partial charge on any atom is -0.217 e. The first-order valence-electron chi connectivity index (χ1n) is 15.2. The smallest absolute Gasteiger partial charge is 0.163 e. The van der Waals surface area contributed by atoms with Gasteiger partial charge in [-0.15, -0.1) is 0 Å². The standard InChI is InChI=1S/C33H45N9/c1-16(2)25-34-26(17(3)4)38-31(37-25)22-13-23(32-39-27(18(5)6)35-28(40-32)19(7)8)15-24(14-22)33-41-29(20(9)10)36-30(42-33)21(11)12/h13-21H,1-12H3. The number of nitrogens with zero attached hydrogens (tertiary/aromatic N) is 9. The Bertz CT molecular complexity index is 1280. The Balaban J connectivity index is 2.06. The van der Waals surface area contributed by atoms with E-state index in [1.54, 1.807) is 0 Å². The van der Waals surface area contributed by atoms with Crippen LogP contribution in [-0.2, 0) is 0 Å². The van der Waals surface area contributed by atoms with Crippen LogP contribution in [0.25, 0.3) is 34.2 Å². The molecule has 3 heterocycles. The second-order valence-electron chi connectivity index (χ2n) is 12.9. The van der Waals surface area contributed by atoms with E-state index in [2.05, 4.69) is 101 Å². The van der Waals surface area contributed by atoms with Crippen molar-refractivity contribution in [2.24, 2.45) is 0 Å². The fourth-order valence-corrected chi connectivity index (χ4v) is 4.18. The van der Waals surface area contributed by atoms with E-state index in [1.165, 1.54) is 0 Å². The summed E-state index contributed by atoms with van der Waals surface area (Å²) in [6.07, 6.45) is 0. The molecule has 0 radical (unpaired) electrons. The molecule has 0 aliphatic heterocycles. The summed E-state index contributed by atoms with van der Waals surface area (Å²) in [5.74, 6) is 7.39. The average Bonchev–Trinajstić information content (AvgIpc) is 2.95. The predicted molar refractivity (Wildman–Crippen MR) is 167 cm³/mol. The average molecular weight is 568 g/mol. The molecule has 42 heavy (non-hydrogen) atoms. The summed E-state index contributed by atoms with van der Waals surface area (Å²) in [7, 11) is 0. The first-order valence-corrected chi connectivity index (χ1v) is 15.2. The lowest BCUT2D eigenvalue weighted by Gasteiger charge is -2.15. The third-order valence-corrected chi connectivity index (χ3v) is 6.82. The zero-order valence-corrected chi connectivity index (χ0v) is 27.2. The number of hydrogen-bond acceptors (Lipinski definition) is 9. The van der Waals surface area contributed by atoms with Crippen LogP contribution in [0.1, 0.15) is 154 Å². The minimum absolute atomic E-state index is 0.156. The van der Waals surface area contributed by atoms with Gasteiger partial charge in [0.2, 0.25) is 0 Å². The molecule has 9 heteroatoms. The lowest BCUT2D eigenvalue weighted by Crippen LogP contribution is -2.10. The minimum atomic E-state index is 0.156. The van der Waals surface area contributed by atoms with Gasteiger partial charge in [0.05, 0.1) is 0 Å². The van der Waals surface area contributed by atoms with Gasteiger partial charge in [-0.1, -0.05) is 83.1 Å². The van der Waals surface area contributed by atoms with Crippen LogP contribution in [-0.4, -0.2) is 44.9 Å². The quantitative estimate of drug-likeness (QED) is 0.198. The Morgan fingerprint density at radius 2 is 0.452 bits per heavy atom. The fraction of sp³-hybridized carbons (Fsp3) is 0.545. The Hall–Kier alpha value is -3.75. The predicted octanol–water partition coefficient (Wildman–Crippen LogP) is 7.98. The van der Waals surface area contributed by atoms with E-state index < -0.39 is 0 Å². The molecular formula is C33H45N9. The molecule has 4 rings (SSSR count). The van der Waals surface area contributed by atoms with Crippen molar-refractivity contribution < 1.29 is 0 Å². The van der Waals surface area contributed by atoms with E-state index in [0.717, 1.165) is 51.6 Å². The van der Waals surface area contributed by atoms with Crippen molar-refractivity contribution in [3.05, 3.63) is 53.1 Å². The molecule has 0 saturated carbocycles. The molecule has 0 unspecified atom stereocenters. The number of rotatable bonds is 9. The molecule has 222 valence electrons. The topological polar surface area (TPSA) is 116 Å². The normalized spacial score (nSPS) is 12.1. The molecule has 0 atom stereocenters. The lowest BCUT2D eigenvalue weighted by atomic mass is 10.0. The number of aromatic nitrogens is 9. The Labute approximate surface area is 250 Å². The highest BCUT2D eigenvalue weighted by Crippen LogP contribution is 2.32. The number of benzene rings is 1. The van der Waals surface area contributed by atoms with E-state index in [9.17, 15) is 0 Å². The van der Waals surface area contributed by atoms with Crippen LogP contribution in [0.2, 0.25) is 0 Å². The number of hydrogen-bond donors (Lipinski definition) is 0. The maximum Gasteiger partial charge on any atom is 0.163 e. The van der Waals surface area contributed by atoms with Crippen LogP contribution in [0.4, 0.5) is 0 Å². The SMILES string of the molecule is CC(C)c1nc(-c2cc(-c3nc(C(C)C)nc(C(C)C)n3)cc(-c3nc(C(C)C)nc(C(C)C)n3)c2)nc(C(C)C)n1. The first kappa shape index (κ1) is 31.2. The van der Waals surface area contributed by atoms with Gasteiger partial charge in [-0.25, -0.2) is 44.9 Å². The van der Waals surface area contributed by atoms with Crippen molar-refractivity contribution in [2.75, 3.05) is 0 Å². The molecule has 0 aliphatic rings. The van der Waals surface area contributed by atoms with Crippen LogP contribution >= 0.6 is 0 Å². The van der Waals surface area contributed by atoms with Crippen LogP contribution < -0.4 is 0 Å². The summed E-state index contributed by atoms with van der Waals surface area (Å²) >= 11 is 0. The molecule has 9 nitrogen and oxygen atoms in total. The molecular weight excluding hydrogens is 522 g/mol. The summed E-state index contributed by atoms with van der Waals surface area (Å²) < 4.78 is 0. The van der Waals surface area contributed by atoms with Gasteiger partial charge in [0, 0.05) is 52.2 Å². The second kappa shape index (κ2) is 12.6. The van der Waals surface area contributed by atoms with Crippen LogP contribution in [0.15, 0.2) is 18.2 Å². The first-order chi connectivity index (χ1) is 19.7. The monoisotopic (exact) mass is 567 g/mol. The van der Waals surface area contributed by atoms with E-state index in [1.807, 2.05) is 0 Å². The van der Waals surface area contributed by atoms with Gasteiger partial charge < -0.3 is 0 Å². The summed E-state index contributed by atoms with van der Waals surface area (Å²) in [6.45, 7) is 25.2. The summed E-state index contributed by atoms with van der Waals surface area (Å²) in [5, 5.41) is 0. The van der Waals surface area contributed by atoms with Gasteiger partial charge in [-0.05, 0) is 18.2 Å². The van der Waals surface area contributed by atoms with E-state index >= 15 is 0 Å². The molecule has 4 aromatic rings. The summed E-state index contributed by atoms with van der Waals surface area (Å²) in [4.78, 5) is 43.7. The Kier molecular flexibility index (Phi) is 9.38. The van der Waals surface area contributed by atoms with Gasteiger partial charge in [-0.3, -0.25) is 0 Å². The van der Waals surface area contributed by atoms with Gasteiger partial charge in [0.15, 0.2) is 17.5 Å². The highest BCUT2D eigenvalue weighted by molar-refractivity contribution is 5.75. The zero-order chi connectivity index (χ0) is 30.9. The van der Waals surface area contributed by atoms with Crippen molar-refractivity contribution in [2.45, 2.75) is 119 Å². The largest absolute Gasteiger partial charge is 0.217 e. The molecule has 0 saturated heterocycles.